The van der Waals surface area contributed by atoms with Gasteiger partial charge in [-0.1, -0.05) is 42.5 Å². The molecule has 2 saturated heterocycles. The van der Waals surface area contributed by atoms with Crippen LogP contribution in [0.3, 0.4) is 0 Å². The number of fused-ring (bicyclic) bond motifs is 4. The highest BCUT2D eigenvalue weighted by Crippen LogP contribution is 2.41. The minimum atomic E-state index is 0.665. The molecule has 1 N–H and O–H groups in total. The van der Waals surface area contributed by atoms with Crippen LogP contribution in [0.5, 0.6) is 0 Å². The highest BCUT2D eigenvalue weighted by molar-refractivity contribution is 5.84. The van der Waals surface area contributed by atoms with E-state index in [1.165, 1.54) is 40.0 Å². The van der Waals surface area contributed by atoms with Crippen LogP contribution in [0.25, 0.3) is 22.4 Å². The summed E-state index contributed by atoms with van der Waals surface area (Å²) in [5.74, 6) is 0.825. The fourth-order valence-corrected chi connectivity index (χ4v) is 4.93. The van der Waals surface area contributed by atoms with Gasteiger partial charge in [-0.25, -0.2) is 0 Å². The Morgan fingerprint density at radius 1 is 0.885 bits per heavy atom. The Labute approximate surface area is 153 Å². The van der Waals surface area contributed by atoms with Crippen molar-refractivity contribution in [2.75, 3.05) is 24.5 Å². The smallest absolute Gasteiger partial charge is 0.0706 e. The average molecular weight is 339 g/mol. The molecule has 26 heavy (non-hydrogen) atoms. The Kier molecular flexibility index (Phi) is 3.03. The fourth-order valence-electron chi connectivity index (χ4n) is 4.93. The molecule has 0 saturated carbocycles. The largest absolute Gasteiger partial charge is 0.365 e. The van der Waals surface area contributed by atoms with Gasteiger partial charge in [-0.2, -0.15) is 0 Å². The number of aromatic nitrogens is 1. The molecule has 128 valence electrons. The predicted octanol–water partition coefficient (Wildman–Crippen LogP) is 3.73. The number of hydrogen-bond acceptors (Lipinski definition) is 3. The van der Waals surface area contributed by atoms with E-state index < -0.39 is 0 Å². The van der Waals surface area contributed by atoms with E-state index in [2.05, 4.69) is 71.0 Å². The summed E-state index contributed by atoms with van der Waals surface area (Å²) in [6, 6.07) is 20.5. The first kappa shape index (κ1) is 14.5. The summed E-state index contributed by atoms with van der Waals surface area (Å²) in [5, 5.41) is 3.50. The number of hydrogen-bond donors (Lipinski definition) is 1. The summed E-state index contributed by atoms with van der Waals surface area (Å²) in [4.78, 5) is 7.34. The third kappa shape index (κ3) is 2.01. The van der Waals surface area contributed by atoms with Crippen molar-refractivity contribution < 1.29 is 0 Å². The monoisotopic (exact) mass is 339 g/mol. The quantitative estimate of drug-likeness (QED) is 0.603. The second-order valence-corrected chi connectivity index (χ2v) is 7.71. The molecule has 3 aromatic rings. The van der Waals surface area contributed by atoms with Gasteiger partial charge in [0.15, 0.2) is 0 Å². The van der Waals surface area contributed by atoms with Gasteiger partial charge in [0.25, 0.3) is 0 Å². The summed E-state index contributed by atoms with van der Waals surface area (Å²) in [6.07, 6.45) is 3.07. The molecule has 6 rings (SSSR count). The summed E-state index contributed by atoms with van der Waals surface area (Å²) < 4.78 is 0. The van der Waals surface area contributed by atoms with Crippen LogP contribution in [0, 0.1) is 5.92 Å². The molecule has 3 heteroatoms. The summed E-state index contributed by atoms with van der Waals surface area (Å²) in [6.45, 7) is 3.44. The Balaban J connectivity index is 1.35. The lowest BCUT2D eigenvalue weighted by atomic mass is 9.91. The Bertz CT molecular complexity index is 993. The van der Waals surface area contributed by atoms with Gasteiger partial charge in [0.1, 0.15) is 0 Å². The van der Waals surface area contributed by atoms with Crippen molar-refractivity contribution in [3.05, 3.63) is 71.9 Å². The van der Waals surface area contributed by atoms with E-state index in [1.54, 1.807) is 0 Å². The number of pyridine rings is 1. The minimum absolute atomic E-state index is 0.665. The van der Waals surface area contributed by atoms with E-state index in [-0.39, 0.29) is 0 Å². The zero-order valence-corrected chi connectivity index (χ0v) is 14.7. The van der Waals surface area contributed by atoms with Gasteiger partial charge in [0.05, 0.1) is 17.6 Å². The molecule has 3 heterocycles. The van der Waals surface area contributed by atoms with Crippen molar-refractivity contribution in [3.8, 4) is 22.4 Å². The summed E-state index contributed by atoms with van der Waals surface area (Å²) >= 11 is 0. The maximum absolute atomic E-state index is 4.84. The van der Waals surface area contributed by atoms with E-state index in [1.807, 2.05) is 0 Å². The van der Waals surface area contributed by atoms with Crippen molar-refractivity contribution >= 4 is 5.69 Å². The molecule has 1 aromatic heterocycles. The molecule has 2 atom stereocenters. The summed E-state index contributed by atoms with van der Waals surface area (Å²) in [7, 11) is 0. The van der Waals surface area contributed by atoms with E-state index in [0.29, 0.717) is 6.04 Å². The lowest BCUT2D eigenvalue weighted by molar-refractivity contribution is 0.365. The van der Waals surface area contributed by atoms with Crippen LogP contribution in [0.15, 0.2) is 60.8 Å². The SMILES string of the molecule is c1ccc2c(c1)Cc1c(-c3ccc(N4C[C@H]5CNC[C@H]54)cn3)cccc1-2. The molecule has 2 aliphatic heterocycles. The third-order valence-electron chi connectivity index (χ3n) is 6.34. The molecule has 1 aliphatic carbocycles. The zero-order valence-electron chi connectivity index (χ0n) is 14.7. The van der Waals surface area contributed by atoms with Crippen LogP contribution < -0.4 is 10.2 Å². The highest BCUT2D eigenvalue weighted by atomic mass is 15.3. The standard InChI is InChI=1S/C23H21N3/c1-2-5-18-15(4-1)10-21-19(18)6-3-7-20(21)22-9-8-17(12-25-22)26-14-16-11-24-13-23(16)26/h1-9,12,16,23-24H,10-11,13-14H2/t16-,23-/m1/s1. The van der Waals surface area contributed by atoms with Crippen molar-refractivity contribution in [2.45, 2.75) is 12.5 Å². The molecule has 0 amide bonds. The van der Waals surface area contributed by atoms with Crippen LogP contribution in [-0.2, 0) is 6.42 Å². The normalized spacial score (nSPS) is 22.5. The van der Waals surface area contributed by atoms with Gasteiger partial charge in [0, 0.05) is 37.2 Å². The number of nitrogens with one attached hydrogen (secondary N) is 1. The van der Waals surface area contributed by atoms with E-state index in [0.717, 1.165) is 31.1 Å². The minimum Gasteiger partial charge on any atom is -0.365 e. The van der Waals surface area contributed by atoms with Gasteiger partial charge in [-0.3, -0.25) is 4.98 Å². The van der Waals surface area contributed by atoms with E-state index in [4.69, 9.17) is 4.98 Å². The van der Waals surface area contributed by atoms with Crippen LogP contribution in [-0.4, -0.2) is 30.7 Å². The molecule has 3 aliphatic rings. The van der Waals surface area contributed by atoms with Crippen LogP contribution in [0.1, 0.15) is 11.1 Å². The molecule has 2 fully saturated rings. The number of rotatable bonds is 2. The van der Waals surface area contributed by atoms with Crippen molar-refractivity contribution in [2.24, 2.45) is 5.92 Å². The van der Waals surface area contributed by atoms with Gasteiger partial charge in [-0.05, 0) is 40.8 Å². The maximum atomic E-state index is 4.84. The van der Waals surface area contributed by atoms with Crippen molar-refractivity contribution in [3.63, 3.8) is 0 Å². The summed E-state index contributed by atoms with van der Waals surface area (Å²) in [5.41, 5.74) is 9.20. The van der Waals surface area contributed by atoms with Gasteiger partial charge in [-0.15, -0.1) is 0 Å². The van der Waals surface area contributed by atoms with Crippen molar-refractivity contribution in [1.82, 2.24) is 10.3 Å². The number of nitrogens with zero attached hydrogens (tertiary/aromatic N) is 2. The second kappa shape index (κ2) is 5.42. The second-order valence-electron chi connectivity index (χ2n) is 7.71. The number of anilines is 1. The van der Waals surface area contributed by atoms with E-state index in [9.17, 15) is 0 Å². The zero-order chi connectivity index (χ0) is 17.1. The first-order chi connectivity index (χ1) is 12.9. The van der Waals surface area contributed by atoms with Gasteiger partial charge in [0.2, 0.25) is 0 Å². The Morgan fingerprint density at radius 2 is 1.77 bits per heavy atom. The molecule has 0 radical (unpaired) electrons. The molecule has 3 nitrogen and oxygen atoms in total. The lowest BCUT2D eigenvalue weighted by Gasteiger charge is -2.45. The van der Waals surface area contributed by atoms with Gasteiger partial charge >= 0.3 is 0 Å². The number of benzene rings is 2. The molecular formula is C23H21N3. The lowest BCUT2D eigenvalue weighted by Crippen LogP contribution is -2.55. The first-order valence-electron chi connectivity index (χ1n) is 9.52. The predicted molar refractivity (Wildman–Crippen MR) is 105 cm³/mol. The van der Waals surface area contributed by atoms with Crippen LogP contribution in [0.4, 0.5) is 5.69 Å². The third-order valence-corrected chi connectivity index (χ3v) is 6.34. The maximum Gasteiger partial charge on any atom is 0.0706 e. The molecule has 0 spiro atoms. The van der Waals surface area contributed by atoms with Crippen LogP contribution in [0.2, 0.25) is 0 Å². The average Bonchev–Trinajstić information content (AvgIpc) is 3.23. The molecule has 0 bridgehead atoms. The molecular weight excluding hydrogens is 318 g/mol. The van der Waals surface area contributed by atoms with E-state index >= 15 is 0 Å². The van der Waals surface area contributed by atoms with Crippen LogP contribution >= 0.6 is 0 Å². The molecule has 2 aromatic carbocycles. The Hall–Kier alpha value is -2.65. The van der Waals surface area contributed by atoms with Crippen molar-refractivity contribution in [1.29, 1.82) is 0 Å². The highest BCUT2D eigenvalue weighted by Gasteiger charge is 2.42. The Morgan fingerprint density at radius 3 is 2.65 bits per heavy atom. The fraction of sp³-hybridized carbons (Fsp3) is 0.261. The van der Waals surface area contributed by atoms with Gasteiger partial charge < -0.3 is 10.2 Å². The first-order valence-corrected chi connectivity index (χ1v) is 9.52. The molecule has 0 unspecified atom stereocenters. The topological polar surface area (TPSA) is 28.2 Å².